The second-order valence-corrected chi connectivity index (χ2v) is 2.94. The van der Waals surface area contributed by atoms with Crippen molar-refractivity contribution < 1.29 is 22.7 Å². The van der Waals surface area contributed by atoms with E-state index in [2.05, 4.69) is 4.74 Å². The van der Waals surface area contributed by atoms with Crippen molar-refractivity contribution in [3.63, 3.8) is 0 Å². The Bertz CT molecular complexity index is 340. The Morgan fingerprint density at radius 2 is 1.73 bits per heavy atom. The summed E-state index contributed by atoms with van der Waals surface area (Å²) in [6, 6.07) is 4.88. The Labute approximate surface area is 88.6 Å². The van der Waals surface area contributed by atoms with Gasteiger partial charge in [-0.15, -0.1) is 0 Å². The van der Waals surface area contributed by atoms with Crippen LogP contribution < -0.4 is 4.74 Å². The van der Waals surface area contributed by atoms with E-state index in [1.165, 1.54) is 24.3 Å². The third-order valence-corrected chi connectivity index (χ3v) is 1.75. The van der Waals surface area contributed by atoms with Crippen molar-refractivity contribution in [1.82, 2.24) is 0 Å². The monoisotopic (exact) mass is 238 g/mol. The Hall–Kier alpha value is -1.23. The minimum atomic E-state index is -3.21. The number of carbonyl (C=O) groups is 1. The highest BCUT2D eigenvalue weighted by molar-refractivity contribution is 6.67. The number of hydrogen-bond acceptors (Lipinski definition) is 2. The summed E-state index contributed by atoms with van der Waals surface area (Å²) in [6.07, 6.45) is -5.89. The largest absolute Gasteiger partial charge is 0.454 e. The molecule has 0 saturated carbocycles. The number of carbonyl (C=O) groups excluding carboxylic acids is 1. The first-order chi connectivity index (χ1) is 7.00. The van der Waals surface area contributed by atoms with Crippen molar-refractivity contribution in [1.29, 1.82) is 0 Å². The zero-order valence-corrected chi connectivity index (χ0v) is 8.05. The van der Waals surface area contributed by atoms with E-state index in [1.54, 1.807) is 0 Å². The van der Waals surface area contributed by atoms with Crippen molar-refractivity contribution in [2.75, 3.05) is 0 Å². The van der Waals surface area contributed by atoms with Crippen LogP contribution in [-0.4, -0.2) is 18.0 Å². The van der Waals surface area contributed by atoms with Gasteiger partial charge in [-0.05, 0) is 35.9 Å². The highest BCUT2D eigenvalue weighted by Crippen LogP contribution is 2.17. The number of halogens is 4. The van der Waals surface area contributed by atoms with E-state index in [0.29, 0.717) is 0 Å². The van der Waals surface area contributed by atoms with Crippen LogP contribution in [0.4, 0.5) is 13.2 Å². The third-order valence-electron chi connectivity index (χ3n) is 1.53. The molecule has 1 aromatic carbocycles. The summed E-state index contributed by atoms with van der Waals surface area (Å²) < 4.78 is 40.1. The van der Waals surface area contributed by atoms with Gasteiger partial charge in [0.2, 0.25) is 0 Å². The molecule has 0 heterocycles. The molecule has 0 aromatic heterocycles. The maximum Gasteiger partial charge on any atom is 0.304 e. The third kappa shape index (κ3) is 3.43. The van der Waals surface area contributed by atoms with E-state index in [4.69, 9.17) is 11.6 Å². The standard InChI is InChI=1S/C9H6ClF3O2/c10-7(14)5-1-3-6(4-2-5)15-9(13)8(11)12/h1-4,8-9H. The minimum absolute atomic E-state index is 0.0931. The van der Waals surface area contributed by atoms with Gasteiger partial charge in [-0.2, -0.15) is 4.39 Å². The van der Waals surface area contributed by atoms with Crippen LogP contribution in [0.25, 0.3) is 0 Å². The summed E-state index contributed by atoms with van der Waals surface area (Å²) in [4.78, 5) is 10.6. The Kier molecular flexibility index (Phi) is 3.96. The molecular formula is C9H6ClF3O2. The lowest BCUT2D eigenvalue weighted by molar-refractivity contribution is -0.0668. The second-order valence-electron chi connectivity index (χ2n) is 2.60. The first-order valence-corrected chi connectivity index (χ1v) is 4.27. The molecule has 0 bridgehead atoms. The van der Waals surface area contributed by atoms with Gasteiger partial charge < -0.3 is 4.74 Å². The van der Waals surface area contributed by atoms with E-state index in [9.17, 15) is 18.0 Å². The summed E-state index contributed by atoms with van der Waals surface area (Å²) in [5.41, 5.74) is 0.177. The zero-order valence-electron chi connectivity index (χ0n) is 7.29. The summed E-state index contributed by atoms with van der Waals surface area (Å²) in [5, 5.41) is -0.688. The van der Waals surface area contributed by atoms with E-state index < -0.39 is 18.0 Å². The summed E-state index contributed by atoms with van der Waals surface area (Å²) in [7, 11) is 0. The number of alkyl halides is 3. The molecule has 1 atom stereocenters. The first kappa shape index (κ1) is 11.8. The number of ether oxygens (including phenoxy) is 1. The van der Waals surface area contributed by atoms with Crippen LogP contribution in [0.3, 0.4) is 0 Å². The van der Waals surface area contributed by atoms with Gasteiger partial charge in [0.25, 0.3) is 11.6 Å². The van der Waals surface area contributed by atoms with Crippen LogP contribution in [0.1, 0.15) is 10.4 Å². The van der Waals surface area contributed by atoms with E-state index in [0.717, 1.165) is 0 Å². The van der Waals surface area contributed by atoms with Gasteiger partial charge in [0.1, 0.15) is 5.75 Å². The lowest BCUT2D eigenvalue weighted by Crippen LogP contribution is -2.19. The van der Waals surface area contributed by atoms with E-state index in [1.807, 2.05) is 0 Å². The molecule has 0 aliphatic carbocycles. The van der Waals surface area contributed by atoms with Crippen molar-refractivity contribution in [2.45, 2.75) is 12.8 Å². The number of hydrogen-bond donors (Lipinski definition) is 0. The Morgan fingerprint density at radius 1 is 1.20 bits per heavy atom. The SMILES string of the molecule is O=C(Cl)c1ccc(OC(F)C(F)F)cc1. The van der Waals surface area contributed by atoms with Gasteiger partial charge in [-0.25, -0.2) is 8.78 Å². The molecule has 0 radical (unpaired) electrons. The molecule has 0 spiro atoms. The molecule has 0 fully saturated rings. The van der Waals surface area contributed by atoms with Gasteiger partial charge in [-0.1, -0.05) is 0 Å². The van der Waals surface area contributed by atoms with Crippen LogP contribution in [0.5, 0.6) is 5.75 Å². The van der Waals surface area contributed by atoms with Gasteiger partial charge in [-0.3, -0.25) is 4.79 Å². The maximum atomic E-state index is 12.4. The van der Waals surface area contributed by atoms with Gasteiger partial charge in [0, 0.05) is 5.56 Å². The molecule has 1 unspecified atom stereocenters. The van der Waals surface area contributed by atoms with Gasteiger partial charge >= 0.3 is 6.43 Å². The molecule has 1 rings (SSSR count). The zero-order chi connectivity index (χ0) is 11.4. The molecule has 6 heteroatoms. The predicted molar refractivity (Wildman–Crippen MR) is 48.2 cm³/mol. The highest BCUT2D eigenvalue weighted by Gasteiger charge is 2.20. The lowest BCUT2D eigenvalue weighted by Gasteiger charge is -2.09. The quantitative estimate of drug-likeness (QED) is 0.754. The van der Waals surface area contributed by atoms with Crippen LogP contribution in [-0.2, 0) is 0 Å². The summed E-state index contributed by atoms with van der Waals surface area (Å²) >= 11 is 5.14. The molecule has 0 amide bonds. The van der Waals surface area contributed by atoms with Crippen molar-refractivity contribution in [2.24, 2.45) is 0 Å². The first-order valence-electron chi connectivity index (χ1n) is 3.89. The predicted octanol–water partition coefficient (Wildman–Crippen LogP) is 3.01. The molecule has 0 aliphatic heterocycles. The number of benzene rings is 1. The summed E-state index contributed by atoms with van der Waals surface area (Å²) in [6.45, 7) is 0. The topological polar surface area (TPSA) is 26.3 Å². The highest BCUT2D eigenvalue weighted by atomic mass is 35.5. The minimum Gasteiger partial charge on any atom is -0.454 e. The average molecular weight is 239 g/mol. The fourth-order valence-electron chi connectivity index (χ4n) is 0.846. The second kappa shape index (κ2) is 5.02. The van der Waals surface area contributed by atoms with Crippen LogP contribution >= 0.6 is 11.6 Å². The molecule has 82 valence electrons. The fraction of sp³-hybridized carbons (Fsp3) is 0.222. The van der Waals surface area contributed by atoms with Crippen LogP contribution in [0, 0.1) is 0 Å². The molecule has 0 aliphatic rings. The molecule has 0 saturated heterocycles. The molecule has 1 aromatic rings. The average Bonchev–Trinajstić information content (AvgIpc) is 2.18. The smallest absolute Gasteiger partial charge is 0.304 e. The Balaban J connectivity index is 2.68. The molecule has 2 nitrogen and oxygen atoms in total. The van der Waals surface area contributed by atoms with Crippen molar-refractivity contribution in [3.8, 4) is 5.75 Å². The fourth-order valence-corrected chi connectivity index (χ4v) is 0.972. The van der Waals surface area contributed by atoms with Gasteiger partial charge in [0.15, 0.2) is 0 Å². The Morgan fingerprint density at radius 3 is 2.13 bits per heavy atom. The molecule has 15 heavy (non-hydrogen) atoms. The van der Waals surface area contributed by atoms with Gasteiger partial charge in [0.05, 0.1) is 0 Å². The van der Waals surface area contributed by atoms with Crippen LogP contribution in [0.2, 0.25) is 0 Å². The van der Waals surface area contributed by atoms with Crippen LogP contribution in [0.15, 0.2) is 24.3 Å². The normalized spacial score (nSPS) is 12.6. The maximum absolute atomic E-state index is 12.4. The summed E-state index contributed by atoms with van der Waals surface area (Å²) in [5.74, 6) is -0.0931. The van der Waals surface area contributed by atoms with Crippen molar-refractivity contribution >= 4 is 16.8 Å². The van der Waals surface area contributed by atoms with Crippen molar-refractivity contribution in [3.05, 3.63) is 29.8 Å². The molecular weight excluding hydrogens is 233 g/mol. The van der Waals surface area contributed by atoms with E-state index in [-0.39, 0.29) is 11.3 Å². The number of rotatable bonds is 4. The van der Waals surface area contributed by atoms with E-state index >= 15 is 0 Å². The lowest BCUT2D eigenvalue weighted by atomic mass is 10.2. The molecule has 0 N–H and O–H groups in total.